The lowest BCUT2D eigenvalue weighted by Gasteiger charge is -1.89. The predicted molar refractivity (Wildman–Crippen MR) is 42.8 cm³/mol. The molecule has 0 aliphatic rings. The van der Waals surface area contributed by atoms with Gasteiger partial charge in [-0.1, -0.05) is 12.5 Å². The van der Waals surface area contributed by atoms with Crippen LogP contribution in [0.5, 0.6) is 0 Å². The molecule has 1 heteroatoms. The van der Waals surface area contributed by atoms with Gasteiger partial charge in [-0.2, -0.15) is 0 Å². The number of rotatable bonds is 2. The molecule has 1 nitrogen and oxygen atoms in total. The normalized spacial score (nSPS) is 11.3. The van der Waals surface area contributed by atoms with Crippen molar-refractivity contribution in [3.05, 3.63) is 11.8 Å². The van der Waals surface area contributed by atoms with Gasteiger partial charge in [0.2, 0.25) is 0 Å². The van der Waals surface area contributed by atoms with E-state index in [1.807, 2.05) is 27.0 Å². The summed E-state index contributed by atoms with van der Waals surface area (Å²) in [5, 5.41) is 0. The minimum atomic E-state index is 1.05. The van der Waals surface area contributed by atoms with Crippen molar-refractivity contribution in [3.8, 4) is 0 Å². The zero-order valence-electron chi connectivity index (χ0n) is 6.73. The van der Waals surface area contributed by atoms with E-state index in [4.69, 9.17) is 0 Å². The zero-order chi connectivity index (χ0) is 7.28. The maximum Gasteiger partial charge on any atom is 0.0253 e. The van der Waals surface area contributed by atoms with Crippen molar-refractivity contribution >= 4 is 5.71 Å². The first-order valence-corrected chi connectivity index (χ1v) is 3.33. The summed E-state index contributed by atoms with van der Waals surface area (Å²) in [6.07, 6.45) is 2.95. The van der Waals surface area contributed by atoms with Crippen molar-refractivity contribution in [2.75, 3.05) is 0 Å². The molecule has 0 bridgehead atoms. The molecule has 0 radical (unpaired) electrons. The van der Waals surface area contributed by atoms with Crippen LogP contribution >= 0.6 is 0 Å². The molecule has 0 aliphatic heterocycles. The van der Waals surface area contributed by atoms with Crippen molar-refractivity contribution in [2.45, 2.75) is 34.1 Å². The summed E-state index contributed by atoms with van der Waals surface area (Å²) < 4.78 is 0. The second-order valence-electron chi connectivity index (χ2n) is 2.42. The molecule has 0 aromatic heterocycles. The van der Waals surface area contributed by atoms with E-state index in [1.54, 1.807) is 0 Å². The highest BCUT2D eigenvalue weighted by molar-refractivity contribution is 5.82. The fraction of sp³-hybridized carbons (Fsp3) is 0.625. The second kappa shape index (κ2) is 4.30. The van der Waals surface area contributed by atoms with Crippen molar-refractivity contribution in [1.29, 1.82) is 0 Å². The number of nitrogens with zero attached hydrogens (tertiary/aromatic N) is 1. The van der Waals surface area contributed by atoms with Gasteiger partial charge in [-0.15, -0.1) is 0 Å². The van der Waals surface area contributed by atoms with Gasteiger partial charge < -0.3 is 0 Å². The topological polar surface area (TPSA) is 12.4 Å². The van der Waals surface area contributed by atoms with Crippen LogP contribution in [-0.2, 0) is 0 Å². The smallest absolute Gasteiger partial charge is 0.0253 e. The Hall–Kier alpha value is -0.590. The van der Waals surface area contributed by atoms with E-state index in [0.717, 1.165) is 6.42 Å². The molecule has 0 rings (SSSR count). The Bertz CT molecular complexity index is 128. The van der Waals surface area contributed by atoms with E-state index < -0.39 is 0 Å². The molecular formula is C8H15N. The third-order valence-corrected chi connectivity index (χ3v) is 1.05. The molecule has 0 atom stereocenters. The Balaban J connectivity index is 3.83. The highest BCUT2D eigenvalue weighted by Gasteiger charge is 1.79. The first-order valence-electron chi connectivity index (χ1n) is 3.33. The van der Waals surface area contributed by atoms with Gasteiger partial charge in [0, 0.05) is 11.9 Å². The molecule has 0 saturated carbocycles. The van der Waals surface area contributed by atoms with Crippen LogP contribution in [-0.4, -0.2) is 5.71 Å². The Morgan fingerprint density at radius 2 is 1.89 bits per heavy atom. The van der Waals surface area contributed by atoms with E-state index >= 15 is 0 Å². The summed E-state index contributed by atoms with van der Waals surface area (Å²) in [6, 6.07) is 0. The van der Waals surface area contributed by atoms with Crippen LogP contribution in [0.1, 0.15) is 34.1 Å². The van der Waals surface area contributed by atoms with Crippen LogP contribution in [0.3, 0.4) is 0 Å². The van der Waals surface area contributed by atoms with Gasteiger partial charge >= 0.3 is 0 Å². The van der Waals surface area contributed by atoms with Crippen LogP contribution in [0, 0.1) is 0 Å². The van der Waals surface area contributed by atoms with Gasteiger partial charge in [-0.25, -0.2) is 0 Å². The quantitative estimate of drug-likeness (QED) is 0.503. The van der Waals surface area contributed by atoms with E-state index in [2.05, 4.69) is 11.9 Å². The molecule has 0 heterocycles. The number of hydrogen-bond donors (Lipinski definition) is 0. The summed E-state index contributed by atoms with van der Waals surface area (Å²) >= 11 is 0. The minimum Gasteiger partial charge on any atom is -0.266 e. The summed E-state index contributed by atoms with van der Waals surface area (Å²) in [4.78, 5) is 4.20. The molecule has 0 aromatic rings. The van der Waals surface area contributed by atoms with Crippen LogP contribution in [0.25, 0.3) is 0 Å². The third kappa shape index (κ3) is 5.28. The SMILES string of the molecule is CCC(C)=NC=C(C)C. The molecule has 0 aromatic carbocycles. The van der Waals surface area contributed by atoms with Gasteiger partial charge in [0.05, 0.1) is 0 Å². The molecule has 0 saturated heterocycles. The Kier molecular flexibility index (Phi) is 4.02. The summed E-state index contributed by atoms with van der Waals surface area (Å²) in [6.45, 7) is 8.25. The largest absolute Gasteiger partial charge is 0.266 e. The standard InChI is InChI=1S/C8H15N/c1-5-8(4)9-6-7(2)3/h6H,5H2,1-4H3. The molecule has 0 unspecified atom stereocenters. The van der Waals surface area contributed by atoms with Crippen molar-refractivity contribution in [3.63, 3.8) is 0 Å². The first-order chi connectivity index (χ1) is 4.16. The molecular weight excluding hydrogens is 110 g/mol. The van der Waals surface area contributed by atoms with Gasteiger partial charge in [0.15, 0.2) is 0 Å². The molecule has 0 aliphatic carbocycles. The molecule has 0 spiro atoms. The first kappa shape index (κ1) is 8.41. The Morgan fingerprint density at radius 3 is 2.22 bits per heavy atom. The van der Waals surface area contributed by atoms with Crippen molar-refractivity contribution in [2.24, 2.45) is 4.99 Å². The van der Waals surface area contributed by atoms with Gasteiger partial charge in [-0.3, -0.25) is 4.99 Å². The van der Waals surface area contributed by atoms with Crippen LogP contribution in [0.15, 0.2) is 16.8 Å². The van der Waals surface area contributed by atoms with E-state index in [1.165, 1.54) is 11.3 Å². The average molecular weight is 125 g/mol. The predicted octanol–water partition coefficient (Wildman–Crippen LogP) is 2.78. The van der Waals surface area contributed by atoms with Crippen LogP contribution < -0.4 is 0 Å². The molecule has 52 valence electrons. The summed E-state index contributed by atoms with van der Waals surface area (Å²) in [5.74, 6) is 0. The zero-order valence-corrected chi connectivity index (χ0v) is 6.73. The number of allylic oxidation sites excluding steroid dienone is 1. The average Bonchev–Trinajstić information content (AvgIpc) is 1.83. The summed E-state index contributed by atoms with van der Waals surface area (Å²) in [5.41, 5.74) is 2.44. The third-order valence-electron chi connectivity index (χ3n) is 1.05. The summed E-state index contributed by atoms with van der Waals surface area (Å²) in [7, 11) is 0. The molecule has 0 amide bonds. The number of hydrogen-bond acceptors (Lipinski definition) is 1. The van der Waals surface area contributed by atoms with E-state index in [-0.39, 0.29) is 0 Å². The monoisotopic (exact) mass is 125 g/mol. The highest BCUT2D eigenvalue weighted by Crippen LogP contribution is 1.91. The maximum absolute atomic E-state index is 4.20. The van der Waals surface area contributed by atoms with Gasteiger partial charge in [0.25, 0.3) is 0 Å². The lowest BCUT2D eigenvalue weighted by Crippen LogP contribution is -1.83. The minimum absolute atomic E-state index is 1.05. The molecule has 0 N–H and O–H groups in total. The Labute approximate surface area is 57.5 Å². The van der Waals surface area contributed by atoms with Crippen LogP contribution in [0.2, 0.25) is 0 Å². The van der Waals surface area contributed by atoms with E-state index in [9.17, 15) is 0 Å². The number of aliphatic imine (C=N–C) groups is 1. The fourth-order valence-electron chi connectivity index (χ4n) is 0.331. The lowest BCUT2D eigenvalue weighted by molar-refractivity contribution is 1.24. The molecule has 0 fully saturated rings. The van der Waals surface area contributed by atoms with Gasteiger partial charge in [0.1, 0.15) is 0 Å². The van der Waals surface area contributed by atoms with Gasteiger partial charge in [-0.05, 0) is 27.2 Å². The second-order valence-corrected chi connectivity index (χ2v) is 2.42. The highest BCUT2D eigenvalue weighted by atomic mass is 14.7. The Morgan fingerprint density at radius 1 is 1.33 bits per heavy atom. The molecule has 9 heavy (non-hydrogen) atoms. The fourth-order valence-corrected chi connectivity index (χ4v) is 0.331. The van der Waals surface area contributed by atoms with E-state index in [0.29, 0.717) is 0 Å². The lowest BCUT2D eigenvalue weighted by atomic mass is 10.3. The van der Waals surface area contributed by atoms with Crippen molar-refractivity contribution < 1.29 is 0 Å². The van der Waals surface area contributed by atoms with Crippen molar-refractivity contribution in [1.82, 2.24) is 0 Å². The van der Waals surface area contributed by atoms with Crippen LogP contribution in [0.4, 0.5) is 0 Å². The maximum atomic E-state index is 4.20.